The molecule has 104 valence electrons. The van der Waals surface area contributed by atoms with Gasteiger partial charge in [0.1, 0.15) is 5.75 Å². The summed E-state index contributed by atoms with van der Waals surface area (Å²) in [6.45, 7) is 2.63. The molecule has 0 aliphatic rings. The zero-order chi connectivity index (χ0) is 14.1. The first-order chi connectivity index (χ1) is 9.17. The number of rotatable bonds is 7. The number of hydrogen-bond acceptors (Lipinski definition) is 5. The number of benzene rings is 1. The van der Waals surface area contributed by atoms with E-state index in [4.69, 9.17) is 15.3 Å². The maximum absolute atomic E-state index is 11.1. The molecule has 1 aromatic rings. The second kappa shape index (κ2) is 8.53. The molecule has 19 heavy (non-hydrogen) atoms. The summed E-state index contributed by atoms with van der Waals surface area (Å²) in [6, 6.07) is 5.55. The van der Waals surface area contributed by atoms with Crippen molar-refractivity contribution in [1.82, 2.24) is 0 Å². The Hall–Kier alpha value is -1.56. The Balaban J connectivity index is 2.47. The molecule has 0 aliphatic heterocycles. The molecular formula is C13H17BrN2O3. The van der Waals surface area contributed by atoms with Gasteiger partial charge >= 0.3 is 5.97 Å². The van der Waals surface area contributed by atoms with Gasteiger partial charge in [0.25, 0.3) is 0 Å². The molecule has 2 N–H and O–H groups in total. The molecule has 0 spiro atoms. The van der Waals surface area contributed by atoms with Crippen molar-refractivity contribution in [1.29, 1.82) is 0 Å². The van der Waals surface area contributed by atoms with Crippen LogP contribution < -0.4 is 10.6 Å². The minimum absolute atomic E-state index is 0.203. The summed E-state index contributed by atoms with van der Waals surface area (Å²) in [7, 11) is 0. The molecule has 0 saturated carbocycles. The highest BCUT2D eigenvalue weighted by molar-refractivity contribution is 9.10. The van der Waals surface area contributed by atoms with E-state index in [1.54, 1.807) is 6.92 Å². The van der Waals surface area contributed by atoms with E-state index in [1.807, 2.05) is 18.2 Å². The van der Waals surface area contributed by atoms with Gasteiger partial charge in [0.2, 0.25) is 0 Å². The molecule has 0 bridgehead atoms. The Morgan fingerprint density at radius 2 is 2.32 bits per heavy atom. The van der Waals surface area contributed by atoms with E-state index >= 15 is 0 Å². The summed E-state index contributed by atoms with van der Waals surface area (Å²) in [5.41, 5.74) is 0.785. The van der Waals surface area contributed by atoms with Crippen LogP contribution in [-0.4, -0.2) is 25.4 Å². The van der Waals surface area contributed by atoms with Crippen LogP contribution in [-0.2, 0) is 9.53 Å². The van der Waals surface area contributed by atoms with Crippen LogP contribution in [0.5, 0.6) is 5.75 Å². The van der Waals surface area contributed by atoms with Gasteiger partial charge in [-0.2, -0.15) is 5.10 Å². The predicted octanol–water partition coefficient (Wildman–Crippen LogP) is 2.46. The Kier molecular flexibility index (Phi) is 6.95. The van der Waals surface area contributed by atoms with Crippen molar-refractivity contribution < 1.29 is 14.3 Å². The predicted molar refractivity (Wildman–Crippen MR) is 77.3 cm³/mol. The number of halogens is 1. The molecular weight excluding hydrogens is 312 g/mol. The Morgan fingerprint density at radius 1 is 1.53 bits per heavy atom. The van der Waals surface area contributed by atoms with Crippen molar-refractivity contribution in [2.45, 2.75) is 19.8 Å². The molecule has 6 heteroatoms. The second-order valence-electron chi connectivity index (χ2n) is 3.72. The molecule has 0 heterocycles. The van der Waals surface area contributed by atoms with Gasteiger partial charge in [0.05, 0.1) is 19.4 Å². The molecule has 0 amide bonds. The zero-order valence-electron chi connectivity index (χ0n) is 10.8. The van der Waals surface area contributed by atoms with Crippen molar-refractivity contribution in [3.63, 3.8) is 0 Å². The van der Waals surface area contributed by atoms with Crippen LogP contribution >= 0.6 is 15.9 Å². The molecule has 0 saturated heterocycles. The first kappa shape index (κ1) is 15.5. The smallest absolute Gasteiger partial charge is 0.305 e. The lowest BCUT2D eigenvalue weighted by molar-refractivity contribution is -0.143. The van der Waals surface area contributed by atoms with Crippen LogP contribution in [0.2, 0.25) is 0 Å². The van der Waals surface area contributed by atoms with Crippen LogP contribution in [0.25, 0.3) is 0 Å². The van der Waals surface area contributed by atoms with Crippen molar-refractivity contribution in [2.75, 3.05) is 13.2 Å². The molecule has 0 aromatic heterocycles. The van der Waals surface area contributed by atoms with E-state index < -0.39 is 0 Å². The molecule has 1 rings (SSSR count). The average Bonchev–Trinajstić information content (AvgIpc) is 2.37. The van der Waals surface area contributed by atoms with E-state index in [9.17, 15) is 4.79 Å². The van der Waals surface area contributed by atoms with Crippen molar-refractivity contribution >= 4 is 28.1 Å². The summed E-state index contributed by atoms with van der Waals surface area (Å²) in [5.74, 6) is 5.62. The largest absolute Gasteiger partial charge is 0.493 e. The van der Waals surface area contributed by atoms with Crippen LogP contribution in [0.1, 0.15) is 25.3 Å². The molecule has 0 fully saturated rings. The number of hydrazone groups is 1. The van der Waals surface area contributed by atoms with Gasteiger partial charge in [0.15, 0.2) is 0 Å². The molecule has 0 unspecified atom stereocenters. The Morgan fingerprint density at radius 3 is 3.00 bits per heavy atom. The lowest BCUT2D eigenvalue weighted by Gasteiger charge is -2.09. The molecule has 5 nitrogen and oxygen atoms in total. The van der Waals surface area contributed by atoms with E-state index in [1.165, 1.54) is 6.21 Å². The van der Waals surface area contributed by atoms with Gasteiger partial charge in [-0.25, -0.2) is 0 Å². The van der Waals surface area contributed by atoms with E-state index in [-0.39, 0.29) is 5.97 Å². The zero-order valence-corrected chi connectivity index (χ0v) is 12.4. The van der Waals surface area contributed by atoms with Crippen LogP contribution in [0.4, 0.5) is 0 Å². The fourth-order valence-electron chi connectivity index (χ4n) is 1.46. The summed E-state index contributed by atoms with van der Waals surface area (Å²) in [5, 5.41) is 3.49. The highest BCUT2D eigenvalue weighted by Crippen LogP contribution is 2.22. The summed E-state index contributed by atoms with van der Waals surface area (Å²) >= 11 is 3.37. The third-order valence-corrected chi connectivity index (χ3v) is 2.77. The maximum Gasteiger partial charge on any atom is 0.305 e. The van der Waals surface area contributed by atoms with Crippen molar-refractivity contribution in [3.8, 4) is 5.75 Å². The van der Waals surface area contributed by atoms with Crippen molar-refractivity contribution in [2.24, 2.45) is 10.9 Å². The second-order valence-corrected chi connectivity index (χ2v) is 4.63. The quantitative estimate of drug-likeness (QED) is 0.274. The van der Waals surface area contributed by atoms with E-state index in [0.29, 0.717) is 31.8 Å². The monoisotopic (exact) mass is 328 g/mol. The normalized spacial score (nSPS) is 10.6. The number of nitrogens with two attached hydrogens (primary N) is 1. The molecule has 0 atom stereocenters. The van der Waals surface area contributed by atoms with Gasteiger partial charge in [-0.3, -0.25) is 4.79 Å². The number of carbonyl (C=O) groups excluding carboxylic acids is 1. The highest BCUT2D eigenvalue weighted by atomic mass is 79.9. The first-order valence-electron chi connectivity index (χ1n) is 5.98. The molecule has 1 aromatic carbocycles. The lowest BCUT2D eigenvalue weighted by atomic mass is 10.2. The van der Waals surface area contributed by atoms with Crippen LogP contribution in [0, 0.1) is 0 Å². The van der Waals surface area contributed by atoms with Gasteiger partial charge in [-0.05, 0) is 31.5 Å². The standard InChI is InChI=1S/C13H17BrN2O3/c1-2-18-13(17)4-3-7-19-12-6-5-11(14)8-10(12)9-16-15/h5-6,8-9H,2-4,7,15H2,1H3. The van der Waals surface area contributed by atoms with Gasteiger partial charge < -0.3 is 15.3 Å². The fourth-order valence-corrected chi connectivity index (χ4v) is 1.84. The number of hydrogen-bond donors (Lipinski definition) is 1. The van der Waals surface area contributed by atoms with Gasteiger partial charge in [-0.15, -0.1) is 0 Å². The number of nitrogens with zero attached hydrogens (tertiary/aromatic N) is 1. The van der Waals surface area contributed by atoms with Gasteiger partial charge in [0, 0.05) is 16.5 Å². The molecule has 0 aliphatic carbocycles. The SMILES string of the molecule is CCOC(=O)CCCOc1ccc(Br)cc1C=NN. The topological polar surface area (TPSA) is 73.9 Å². The average molecular weight is 329 g/mol. The minimum Gasteiger partial charge on any atom is -0.493 e. The van der Waals surface area contributed by atoms with E-state index in [0.717, 1.165) is 10.0 Å². The lowest BCUT2D eigenvalue weighted by Crippen LogP contribution is -2.07. The summed E-state index contributed by atoms with van der Waals surface area (Å²) < 4.78 is 11.3. The number of carbonyl (C=O) groups is 1. The van der Waals surface area contributed by atoms with E-state index in [2.05, 4.69) is 21.0 Å². The fraction of sp³-hybridized carbons (Fsp3) is 0.385. The summed E-state index contributed by atoms with van der Waals surface area (Å²) in [4.78, 5) is 11.1. The van der Waals surface area contributed by atoms with Crippen molar-refractivity contribution in [3.05, 3.63) is 28.2 Å². The number of esters is 1. The third-order valence-electron chi connectivity index (χ3n) is 2.27. The third kappa shape index (κ3) is 5.74. The first-order valence-corrected chi connectivity index (χ1v) is 6.78. The maximum atomic E-state index is 11.1. The van der Waals surface area contributed by atoms with Crippen LogP contribution in [0.3, 0.4) is 0 Å². The highest BCUT2D eigenvalue weighted by Gasteiger charge is 2.05. The van der Waals surface area contributed by atoms with Gasteiger partial charge in [-0.1, -0.05) is 15.9 Å². The number of ether oxygens (including phenoxy) is 2. The minimum atomic E-state index is -0.203. The van der Waals surface area contributed by atoms with Crippen LogP contribution in [0.15, 0.2) is 27.8 Å². The Labute approximate surface area is 120 Å². The summed E-state index contributed by atoms with van der Waals surface area (Å²) in [6.07, 6.45) is 2.48. The Bertz CT molecular complexity index is 450. The molecule has 0 radical (unpaired) electrons.